The Kier molecular flexibility index (Phi) is 4.68. The van der Waals surface area contributed by atoms with Gasteiger partial charge in [-0.1, -0.05) is 12.1 Å². The maximum atomic E-state index is 12.5. The molecule has 0 bridgehead atoms. The van der Waals surface area contributed by atoms with Crippen LogP contribution in [0, 0.1) is 0 Å². The van der Waals surface area contributed by atoms with Gasteiger partial charge in [0.1, 0.15) is 0 Å². The molecule has 1 aliphatic rings. The molecule has 0 aliphatic carbocycles. The molecule has 4 heterocycles. The Labute approximate surface area is 159 Å². The van der Waals surface area contributed by atoms with Gasteiger partial charge in [0.2, 0.25) is 0 Å². The van der Waals surface area contributed by atoms with Gasteiger partial charge in [-0.2, -0.15) is 5.10 Å². The van der Waals surface area contributed by atoms with Crippen LogP contribution in [0.5, 0.6) is 0 Å². The van der Waals surface area contributed by atoms with Crippen LogP contribution in [0.1, 0.15) is 27.8 Å². The second-order valence-corrected chi connectivity index (χ2v) is 10.4. The molecule has 4 rings (SSSR count). The van der Waals surface area contributed by atoms with Crippen molar-refractivity contribution in [2.75, 3.05) is 11.5 Å². The fourth-order valence-corrected chi connectivity index (χ4v) is 6.10. The molecule has 0 saturated carbocycles. The van der Waals surface area contributed by atoms with E-state index in [-0.39, 0.29) is 23.5 Å². The first-order valence-corrected chi connectivity index (χ1v) is 11.7. The summed E-state index contributed by atoms with van der Waals surface area (Å²) in [5, 5.41) is 11.3. The van der Waals surface area contributed by atoms with E-state index in [0.29, 0.717) is 18.7 Å². The summed E-state index contributed by atoms with van der Waals surface area (Å²) in [4.78, 5) is 14.6. The highest BCUT2D eigenvalue weighted by molar-refractivity contribution is 7.91. The van der Waals surface area contributed by atoms with E-state index in [0.717, 1.165) is 15.4 Å². The standard InChI is InChI=1S/C17H17N3O3S3/c21-17(18-10-13-3-1-6-24-13)14-9-15(16-4-2-7-25-16)20(19-14)12-5-8-26(22,23)11-12/h1-4,6-7,9,12H,5,8,10-11H2,(H,18,21). The van der Waals surface area contributed by atoms with Gasteiger partial charge in [0.25, 0.3) is 5.91 Å². The molecule has 0 spiro atoms. The van der Waals surface area contributed by atoms with Gasteiger partial charge in [0, 0.05) is 4.88 Å². The smallest absolute Gasteiger partial charge is 0.272 e. The minimum atomic E-state index is -3.04. The van der Waals surface area contributed by atoms with E-state index in [2.05, 4.69) is 10.4 Å². The number of thiophene rings is 2. The number of sulfone groups is 1. The lowest BCUT2D eigenvalue weighted by molar-refractivity contribution is 0.0945. The van der Waals surface area contributed by atoms with Crippen molar-refractivity contribution in [1.82, 2.24) is 15.1 Å². The zero-order valence-electron chi connectivity index (χ0n) is 13.8. The van der Waals surface area contributed by atoms with Crippen LogP contribution in [0.3, 0.4) is 0 Å². The molecular weight excluding hydrogens is 390 g/mol. The number of hydrogen-bond donors (Lipinski definition) is 1. The van der Waals surface area contributed by atoms with E-state index >= 15 is 0 Å². The zero-order valence-corrected chi connectivity index (χ0v) is 16.2. The Balaban J connectivity index is 1.62. The van der Waals surface area contributed by atoms with Gasteiger partial charge in [-0.3, -0.25) is 9.48 Å². The van der Waals surface area contributed by atoms with E-state index in [1.165, 1.54) is 0 Å². The molecular formula is C17H17N3O3S3. The summed E-state index contributed by atoms with van der Waals surface area (Å²) in [5.74, 6) is -0.0132. The summed E-state index contributed by atoms with van der Waals surface area (Å²) in [5.41, 5.74) is 1.11. The maximum absolute atomic E-state index is 12.5. The van der Waals surface area contributed by atoms with Crippen LogP contribution < -0.4 is 5.32 Å². The summed E-state index contributed by atoms with van der Waals surface area (Å²) in [6.07, 6.45) is 0.526. The zero-order chi connectivity index (χ0) is 18.1. The maximum Gasteiger partial charge on any atom is 0.272 e. The second-order valence-electron chi connectivity index (χ2n) is 6.16. The largest absolute Gasteiger partial charge is 0.346 e. The van der Waals surface area contributed by atoms with E-state index in [9.17, 15) is 13.2 Å². The van der Waals surface area contributed by atoms with Crippen molar-refractivity contribution in [2.45, 2.75) is 19.0 Å². The molecule has 9 heteroatoms. The predicted molar refractivity (Wildman–Crippen MR) is 103 cm³/mol. The molecule has 1 fully saturated rings. The van der Waals surface area contributed by atoms with E-state index < -0.39 is 9.84 Å². The van der Waals surface area contributed by atoms with E-state index in [4.69, 9.17) is 0 Å². The lowest BCUT2D eigenvalue weighted by Gasteiger charge is -2.12. The van der Waals surface area contributed by atoms with Crippen molar-refractivity contribution in [3.05, 3.63) is 51.7 Å². The Morgan fingerprint density at radius 1 is 1.27 bits per heavy atom. The molecule has 6 nitrogen and oxygen atoms in total. The molecule has 3 aromatic rings. The topological polar surface area (TPSA) is 81.1 Å². The van der Waals surface area contributed by atoms with Crippen LogP contribution in [0.4, 0.5) is 0 Å². The quantitative estimate of drug-likeness (QED) is 0.705. The number of nitrogens with zero attached hydrogens (tertiary/aromatic N) is 2. The Morgan fingerprint density at radius 3 is 2.73 bits per heavy atom. The molecule has 0 aromatic carbocycles. The molecule has 1 N–H and O–H groups in total. The predicted octanol–water partition coefficient (Wildman–Crippen LogP) is 2.96. The van der Waals surface area contributed by atoms with Gasteiger partial charge in [-0.15, -0.1) is 22.7 Å². The number of carbonyl (C=O) groups excluding carboxylic acids is 1. The van der Waals surface area contributed by atoms with Crippen molar-refractivity contribution in [3.63, 3.8) is 0 Å². The fraction of sp³-hybridized carbons (Fsp3) is 0.294. The van der Waals surface area contributed by atoms with Crippen molar-refractivity contribution in [1.29, 1.82) is 0 Å². The van der Waals surface area contributed by atoms with Crippen LogP contribution in [0.2, 0.25) is 0 Å². The normalized spacial score (nSPS) is 18.8. The van der Waals surface area contributed by atoms with Gasteiger partial charge in [0.15, 0.2) is 15.5 Å². The lowest BCUT2D eigenvalue weighted by atomic mass is 10.2. The summed E-state index contributed by atoms with van der Waals surface area (Å²) >= 11 is 3.13. The third-order valence-electron chi connectivity index (χ3n) is 4.30. The first-order chi connectivity index (χ1) is 12.5. The Hall–Kier alpha value is -1.97. The van der Waals surface area contributed by atoms with Crippen molar-refractivity contribution < 1.29 is 13.2 Å². The van der Waals surface area contributed by atoms with Crippen molar-refractivity contribution in [2.24, 2.45) is 0 Å². The SMILES string of the molecule is O=C(NCc1cccs1)c1cc(-c2cccs2)n(C2CCS(=O)(=O)C2)n1. The Morgan fingerprint density at radius 2 is 2.08 bits per heavy atom. The molecule has 1 saturated heterocycles. The Bertz CT molecular complexity index is 1010. The number of aromatic nitrogens is 2. The number of amides is 1. The molecule has 0 radical (unpaired) electrons. The highest BCUT2D eigenvalue weighted by Gasteiger charge is 2.32. The third kappa shape index (κ3) is 3.60. The number of nitrogens with one attached hydrogen (secondary N) is 1. The summed E-state index contributed by atoms with van der Waals surface area (Å²) < 4.78 is 25.5. The molecule has 136 valence electrons. The van der Waals surface area contributed by atoms with Crippen LogP contribution >= 0.6 is 22.7 Å². The molecule has 3 aromatic heterocycles. The first kappa shape index (κ1) is 17.4. The minimum absolute atomic E-state index is 0.0727. The van der Waals surface area contributed by atoms with Gasteiger partial charge < -0.3 is 5.32 Å². The summed E-state index contributed by atoms with van der Waals surface area (Å²) in [7, 11) is -3.04. The molecule has 26 heavy (non-hydrogen) atoms. The van der Waals surface area contributed by atoms with Crippen LogP contribution in [-0.4, -0.2) is 35.6 Å². The number of carbonyl (C=O) groups is 1. The number of hydrogen-bond acceptors (Lipinski definition) is 6. The van der Waals surface area contributed by atoms with Crippen LogP contribution in [0.25, 0.3) is 10.6 Å². The van der Waals surface area contributed by atoms with Crippen LogP contribution in [0.15, 0.2) is 41.1 Å². The van der Waals surface area contributed by atoms with Gasteiger partial charge in [0.05, 0.1) is 34.7 Å². The van der Waals surface area contributed by atoms with Crippen molar-refractivity contribution >= 4 is 38.4 Å². The average molecular weight is 408 g/mol. The summed E-state index contributed by atoms with van der Waals surface area (Å²) in [6, 6.07) is 9.31. The lowest BCUT2D eigenvalue weighted by Crippen LogP contribution is -2.23. The van der Waals surface area contributed by atoms with E-state index in [1.54, 1.807) is 33.4 Å². The number of rotatable bonds is 5. The van der Waals surface area contributed by atoms with Gasteiger partial charge in [-0.05, 0) is 35.4 Å². The highest BCUT2D eigenvalue weighted by Crippen LogP contribution is 2.32. The third-order valence-corrected chi connectivity index (χ3v) is 7.82. The molecule has 1 atom stereocenters. The van der Waals surface area contributed by atoms with Gasteiger partial charge in [-0.25, -0.2) is 8.42 Å². The van der Waals surface area contributed by atoms with Crippen molar-refractivity contribution in [3.8, 4) is 10.6 Å². The van der Waals surface area contributed by atoms with Gasteiger partial charge >= 0.3 is 0 Å². The molecule has 1 aliphatic heterocycles. The summed E-state index contributed by atoms with van der Waals surface area (Å²) in [6.45, 7) is 0.454. The molecule has 1 amide bonds. The second kappa shape index (κ2) is 6.98. The first-order valence-electron chi connectivity index (χ1n) is 8.16. The highest BCUT2D eigenvalue weighted by atomic mass is 32.2. The van der Waals surface area contributed by atoms with E-state index in [1.807, 2.05) is 35.0 Å². The molecule has 1 unspecified atom stereocenters. The van der Waals surface area contributed by atoms with Crippen LogP contribution in [-0.2, 0) is 16.4 Å². The minimum Gasteiger partial charge on any atom is -0.346 e. The average Bonchev–Trinajstić information content (AvgIpc) is 3.37. The monoisotopic (exact) mass is 407 g/mol. The fourth-order valence-electron chi connectivity index (χ4n) is 3.03.